The maximum atomic E-state index is 5.73. The first-order valence-electron chi connectivity index (χ1n) is 7.34. The third-order valence-electron chi connectivity index (χ3n) is 5.44. The summed E-state index contributed by atoms with van der Waals surface area (Å²) in [7, 11) is 0. The molecule has 0 amide bonds. The minimum Gasteiger partial charge on any atom is -0.308 e. The second kappa shape index (κ2) is 4.50. The summed E-state index contributed by atoms with van der Waals surface area (Å²) in [4.78, 5) is 2.68. The monoisotopic (exact) mass is 268 g/mol. The lowest BCUT2D eigenvalue weighted by molar-refractivity contribution is 0.00828. The fourth-order valence-electron chi connectivity index (χ4n) is 3.67. The van der Waals surface area contributed by atoms with Crippen molar-refractivity contribution in [3.8, 4) is 0 Å². The topological polar surface area (TPSA) is 15.3 Å². The maximum absolute atomic E-state index is 5.73. The van der Waals surface area contributed by atoms with E-state index in [0.717, 1.165) is 24.9 Å². The number of nitrogens with zero attached hydrogens (tertiary/aromatic N) is 1. The number of rotatable bonds is 4. The van der Waals surface area contributed by atoms with Gasteiger partial charge in [-0.1, -0.05) is 17.7 Å². The Kier molecular flexibility index (Phi) is 3.24. The summed E-state index contributed by atoms with van der Waals surface area (Å²) < 4.78 is 0. The smallest absolute Gasteiger partial charge is 0.0338 e. The quantitative estimate of drug-likeness (QED) is 0.843. The molecule has 2 unspecified atom stereocenters. The summed E-state index contributed by atoms with van der Waals surface area (Å²) in [6, 6.07) is 0. The molecule has 3 fully saturated rings. The van der Waals surface area contributed by atoms with E-state index in [2.05, 4.69) is 30.1 Å². The van der Waals surface area contributed by atoms with Crippen molar-refractivity contribution >= 4 is 11.6 Å². The van der Waals surface area contributed by atoms with Crippen LogP contribution in [0, 0.1) is 11.8 Å². The lowest BCUT2D eigenvalue weighted by Gasteiger charge is -2.53. The minimum atomic E-state index is 0.328. The van der Waals surface area contributed by atoms with E-state index in [1.165, 1.54) is 32.2 Å². The standard InChI is InChI=1S/C15H25ClN2/c1-14(12-4-5-12)11-18(9-3-8-16)15(2,10-17-14)13-6-7-13/h3,8,12-13,17H,4-7,9-11H2,1-2H3/b8-3+. The highest BCUT2D eigenvalue weighted by atomic mass is 35.5. The average molecular weight is 269 g/mol. The molecule has 0 radical (unpaired) electrons. The van der Waals surface area contributed by atoms with Crippen LogP contribution in [0.4, 0.5) is 0 Å². The number of hydrogen-bond donors (Lipinski definition) is 1. The molecular formula is C15H25ClN2. The van der Waals surface area contributed by atoms with Crippen molar-refractivity contribution in [1.82, 2.24) is 10.2 Å². The second-order valence-corrected chi connectivity index (χ2v) is 7.17. The van der Waals surface area contributed by atoms with Crippen LogP contribution in [-0.4, -0.2) is 35.6 Å². The Bertz CT molecular complexity index is 348. The fraction of sp³-hybridized carbons (Fsp3) is 0.867. The Morgan fingerprint density at radius 3 is 2.44 bits per heavy atom. The highest BCUT2D eigenvalue weighted by Gasteiger charge is 2.53. The van der Waals surface area contributed by atoms with Gasteiger partial charge in [-0.3, -0.25) is 4.90 Å². The molecule has 0 bridgehead atoms. The first kappa shape index (κ1) is 13.0. The predicted molar refractivity (Wildman–Crippen MR) is 76.8 cm³/mol. The van der Waals surface area contributed by atoms with Gasteiger partial charge in [0.15, 0.2) is 0 Å². The van der Waals surface area contributed by atoms with Gasteiger partial charge in [-0.05, 0) is 51.4 Å². The van der Waals surface area contributed by atoms with Crippen LogP contribution in [0.3, 0.4) is 0 Å². The molecule has 18 heavy (non-hydrogen) atoms. The number of hydrogen-bond acceptors (Lipinski definition) is 2. The van der Waals surface area contributed by atoms with Gasteiger partial charge in [-0.15, -0.1) is 0 Å². The third kappa shape index (κ3) is 2.23. The van der Waals surface area contributed by atoms with E-state index in [1.54, 1.807) is 5.54 Å². The molecule has 1 aliphatic heterocycles. The Morgan fingerprint density at radius 1 is 1.22 bits per heavy atom. The molecule has 102 valence electrons. The Hall–Kier alpha value is -0.0500. The van der Waals surface area contributed by atoms with E-state index in [4.69, 9.17) is 11.6 Å². The first-order chi connectivity index (χ1) is 8.58. The molecule has 0 aromatic rings. The van der Waals surface area contributed by atoms with E-state index < -0.39 is 0 Å². The van der Waals surface area contributed by atoms with Crippen molar-refractivity contribution in [2.45, 2.75) is 50.6 Å². The first-order valence-corrected chi connectivity index (χ1v) is 7.77. The molecule has 1 saturated heterocycles. The lowest BCUT2D eigenvalue weighted by atomic mass is 9.83. The van der Waals surface area contributed by atoms with Crippen molar-refractivity contribution < 1.29 is 0 Å². The van der Waals surface area contributed by atoms with Gasteiger partial charge in [0.1, 0.15) is 0 Å². The zero-order valence-corrected chi connectivity index (χ0v) is 12.3. The molecule has 2 saturated carbocycles. The van der Waals surface area contributed by atoms with Crippen molar-refractivity contribution in [1.29, 1.82) is 0 Å². The van der Waals surface area contributed by atoms with E-state index in [9.17, 15) is 0 Å². The van der Waals surface area contributed by atoms with E-state index in [1.807, 2.05) is 0 Å². The van der Waals surface area contributed by atoms with Crippen molar-refractivity contribution in [2.24, 2.45) is 11.8 Å². The second-order valence-electron chi connectivity index (χ2n) is 6.92. The molecular weight excluding hydrogens is 244 g/mol. The summed E-state index contributed by atoms with van der Waals surface area (Å²) in [5.41, 5.74) is 2.34. The van der Waals surface area contributed by atoms with Crippen molar-refractivity contribution in [3.63, 3.8) is 0 Å². The molecule has 3 rings (SSSR count). The summed E-state index contributed by atoms with van der Waals surface area (Å²) in [6.45, 7) is 8.16. The van der Waals surface area contributed by atoms with Gasteiger partial charge < -0.3 is 5.32 Å². The van der Waals surface area contributed by atoms with Crippen molar-refractivity contribution in [3.05, 3.63) is 11.6 Å². The molecule has 1 heterocycles. The van der Waals surface area contributed by atoms with Crippen LogP contribution < -0.4 is 5.32 Å². The lowest BCUT2D eigenvalue weighted by Crippen LogP contribution is -2.69. The maximum Gasteiger partial charge on any atom is 0.0338 e. The SMILES string of the molecule is CC1(C2CC2)CN(C/C=C/Cl)C(C)(C2CC2)CN1. The number of piperazine rings is 1. The fourth-order valence-corrected chi connectivity index (χ4v) is 3.75. The third-order valence-corrected chi connectivity index (χ3v) is 5.62. The Morgan fingerprint density at radius 2 is 1.89 bits per heavy atom. The largest absolute Gasteiger partial charge is 0.308 e. The van der Waals surface area contributed by atoms with Gasteiger partial charge in [-0.2, -0.15) is 0 Å². The molecule has 3 heteroatoms. The van der Waals surface area contributed by atoms with E-state index >= 15 is 0 Å². The highest BCUT2D eigenvalue weighted by molar-refractivity contribution is 6.25. The molecule has 2 atom stereocenters. The van der Waals surface area contributed by atoms with Gasteiger partial charge in [0, 0.05) is 36.2 Å². The Balaban J connectivity index is 1.76. The molecule has 2 nitrogen and oxygen atoms in total. The highest BCUT2D eigenvalue weighted by Crippen LogP contribution is 2.48. The van der Waals surface area contributed by atoms with E-state index in [0.29, 0.717) is 11.1 Å². The summed E-state index contributed by atoms with van der Waals surface area (Å²) in [6.07, 6.45) is 7.71. The van der Waals surface area contributed by atoms with Crippen LogP contribution in [0.5, 0.6) is 0 Å². The van der Waals surface area contributed by atoms with Crippen LogP contribution in [0.15, 0.2) is 11.6 Å². The normalized spacial score (nSPS) is 42.6. The summed E-state index contributed by atoms with van der Waals surface area (Å²) in [5.74, 6) is 1.78. The molecule has 2 aliphatic carbocycles. The van der Waals surface area contributed by atoms with Crippen LogP contribution in [0.2, 0.25) is 0 Å². The van der Waals surface area contributed by atoms with Gasteiger partial charge in [0.05, 0.1) is 0 Å². The summed E-state index contributed by atoms with van der Waals surface area (Å²) >= 11 is 5.73. The number of halogens is 1. The molecule has 1 N–H and O–H groups in total. The van der Waals surface area contributed by atoms with Crippen LogP contribution >= 0.6 is 11.6 Å². The molecule has 0 aromatic carbocycles. The van der Waals surface area contributed by atoms with Crippen LogP contribution in [0.25, 0.3) is 0 Å². The molecule has 3 aliphatic rings. The molecule has 0 aromatic heterocycles. The zero-order valence-electron chi connectivity index (χ0n) is 11.6. The number of nitrogens with one attached hydrogen (secondary N) is 1. The van der Waals surface area contributed by atoms with Crippen molar-refractivity contribution in [2.75, 3.05) is 19.6 Å². The average Bonchev–Trinajstić information content (AvgIpc) is 3.20. The van der Waals surface area contributed by atoms with Gasteiger partial charge in [0.25, 0.3) is 0 Å². The Labute approximate surface area is 116 Å². The van der Waals surface area contributed by atoms with Gasteiger partial charge in [-0.25, -0.2) is 0 Å². The van der Waals surface area contributed by atoms with Gasteiger partial charge >= 0.3 is 0 Å². The van der Waals surface area contributed by atoms with E-state index in [-0.39, 0.29) is 0 Å². The van der Waals surface area contributed by atoms with Crippen LogP contribution in [-0.2, 0) is 0 Å². The van der Waals surface area contributed by atoms with Gasteiger partial charge in [0.2, 0.25) is 0 Å². The summed E-state index contributed by atoms with van der Waals surface area (Å²) in [5, 5.41) is 3.88. The zero-order chi connectivity index (χ0) is 12.8. The minimum absolute atomic E-state index is 0.328. The molecule has 0 spiro atoms. The predicted octanol–water partition coefficient (Wildman–Crippen LogP) is 2.98. The van der Waals surface area contributed by atoms with Crippen LogP contribution in [0.1, 0.15) is 39.5 Å².